The summed E-state index contributed by atoms with van der Waals surface area (Å²) in [6, 6.07) is 15.0. The van der Waals surface area contributed by atoms with E-state index in [1.54, 1.807) is 49.4 Å². The topological polar surface area (TPSA) is 179 Å². The van der Waals surface area contributed by atoms with Crippen LogP contribution in [0.1, 0.15) is 39.3 Å². The molecular weight excluding hydrogens is 563 g/mol. The average molecular weight is 601 g/mol. The van der Waals surface area contributed by atoms with Gasteiger partial charge in [0.25, 0.3) is 0 Å². The number of ether oxygens (including phenoxy) is 2. The zero-order chi connectivity index (χ0) is 30.5. The lowest BCUT2D eigenvalue weighted by atomic mass is 9.92. The van der Waals surface area contributed by atoms with Crippen molar-refractivity contribution in [3.8, 4) is 11.8 Å². The van der Waals surface area contributed by atoms with Crippen LogP contribution in [0.25, 0.3) is 5.52 Å². The van der Waals surface area contributed by atoms with Crippen LogP contribution in [0.15, 0.2) is 54.7 Å². The molecule has 6 atom stereocenters. The Hall–Kier alpha value is -3.46. The smallest absolute Gasteiger partial charge is 0.380 e. The molecule has 12 nitrogen and oxygen atoms in total. The van der Waals surface area contributed by atoms with Crippen LogP contribution in [0.2, 0.25) is 0 Å². The molecule has 42 heavy (non-hydrogen) atoms. The lowest BCUT2D eigenvalue weighted by molar-refractivity contribution is -0.148. The largest absolute Gasteiger partial charge is 0.465 e. The standard InChI is InChI=1S/C29H37N4O8P/c1-4-20(5-2)15-38-28(36)19(3)17-42(37,41-21-9-7-6-8-10-21)39-16-24-26(34)27(35)29(18-30,40-24)25-12-11-23-22(31)13-14-32-33(23)25/h6-14,19-20,24,26-27,34-35H,4-5,15-17,31H2,1-3H3/t19-,24+,26+,27+,29-,42?/m0/s1. The number of nitrogens with zero attached hydrogens (tertiary/aromatic N) is 3. The number of nitrogen functional groups attached to an aromatic ring is 1. The second kappa shape index (κ2) is 13.2. The van der Waals surface area contributed by atoms with Crippen molar-refractivity contribution < 1.29 is 38.1 Å². The Kier molecular flexibility index (Phi) is 9.92. The first-order valence-corrected chi connectivity index (χ1v) is 15.6. The highest BCUT2D eigenvalue weighted by Crippen LogP contribution is 2.51. The molecule has 0 aliphatic carbocycles. The number of anilines is 1. The number of aliphatic hydroxyl groups excluding tert-OH is 2. The number of fused-ring (bicyclic) bond motifs is 1. The molecule has 1 saturated heterocycles. The number of aromatic nitrogens is 2. The van der Waals surface area contributed by atoms with Crippen molar-refractivity contribution in [3.63, 3.8) is 0 Å². The monoisotopic (exact) mass is 600 g/mol. The van der Waals surface area contributed by atoms with E-state index in [0.717, 1.165) is 12.8 Å². The van der Waals surface area contributed by atoms with Crippen LogP contribution in [-0.2, 0) is 29.0 Å². The summed E-state index contributed by atoms with van der Waals surface area (Å²) in [4.78, 5) is 12.7. The van der Waals surface area contributed by atoms with Gasteiger partial charge in [-0.3, -0.25) is 9.32 Å². The van der Waals surface area contributed by atoms with Gasteiger partial charge in [-0.05, 0) is 36.2 Å². The highest BCUT2D eigenvalue weighted by atomic mass is 31.2. The molecule has 1 fully saturated rings. The molecule has 2 aromatic heterocycles. The van der Waals surface area contributed by atoms with Gasteiger partial charge in [0.2, 0.25) is 5.60 Å². The molecule has 1 aromatic carbocycles. The van der Waals surface area contributed by atoms with Gasteiger partial charge in [-0.2, -0.15) is 10.4 Å². The number of aliphatic hydroxyl groups is 2. The van der Waals surface area contributed by atoms with Gasteiger partial charge in [0.05, 0.1) is 42.2 Å². The van der Waals surface area contributed by atoms with Crippen molar-refractivity contribution in [3.05, 3.63) is 60.4 Å². The third-order valence-corrected chi connectivity index (χ3v) is 9.56. The quantitative estimate of drug-likeness (QED) is 0.193. The minimum Gasteiger partial charge on any atom is -0.465 e. The Balaban J connectivity index is 1.53. The number of nitriles is 1. The molecule has 13 heteroatoms. The van der Waals surface area contributed by atoms with Gasteiger partial charge in [-0.25, -0.2) is 9.08 Å². The maximum atomic E-state index is 14.0. The van der Waals surface area contributed by atoms with Gasteiger partial charge < -0.3 is 29.9 Å². The number of esters is 1. The summed E-state index contributed by atoms with van der Waals surface area (Å²) in [5.41, 5.74) is 5.01. The molecular formula is C29H37N4O8P. The first-order valence-electron chi connectivity index (χ1n) is 13.9. The molecule has 0 bridgehead atoms. The van der Waals surface area contributed by atoms with Crippen molar-refractivity contribution in [1.29, 1.82) is 5.26 Å². The summed E-state index contributed by atoms with van der Waals surface area (Å²) in [6.07, 6.45) is -1.74. The highest BCUT2D eigenvalue weighted by molar-refractivity contribution is 7.54. The summed E-state index contributed by atoms with van der Waals surface area (Å²) >= 11 is 0. The number of rotatable bonds is 13. The molecule has 0 saturated carbocycles. The SMILES string of the molecule is CCC(CC)COC(=O)[C@@H](C)CP(=O)(OC[C@H]1O[C@@](C#N)(c2ccc3c(N)ccnn23)[C@H](O)[C@@H]1O)Oc1ccccc1. The van der Waals surface area contributed by atoms with E-state index >= 15 is 0 Å². The number of hydrogen-bond donors (Lipinski definition) is 3. The third kappa shape index (κ3) is 6.46. The lowest BCUT2D eigenvalue weighted by Crippen LogP contribution is -2.41. The van der Waals surface area contributed by atoms with Crippen LogP contribution >= 0.6 is 7.60 Å². The maximum absolute atomic E-state index is 14.0. The minimum absolute atomic E-state index is 0.152. The lowest BCUT2D eigenvalue weighted by Gasteiger charge is -2.25. The summed E-state index contributed by atoms with van der Waals surface area (Å²) in [6.45, 7) is 5.35. The highest BCUT2D eigenvalue weighted by Gasteiger charge is 2.58. The molecule has 0 spiro atoms. The molecule has 0 amide bonds. The third-order valence-electron chi connectivity index (χ3n) is 7.53. The average Bonchev–Trinajstić information content (AvgIpc) is 3.53. The van der Waals surface area contributed by atoms with E-state index in [1.165, 1.54) is 16.8 Å². The van der Waals surface area contributed by atoms with Crippen molar-refractivity contribution in [1.82, 2.24) is 9.61 Å². The van der Waals surface area contributed by atoms with Gasteiger partial charge in [-0.1, -0.05) is 51.8 Å². The van der Waals surface area contributed by atoms with Crippen LogP contribution < -0.4 is 10.3 Å². The number of carbonyl (C=O) groups is 1. The van der Waals surface area contributed by atoms with Gasteiger partial charge in [0.15, 0.2) is 0 Å². The van der Waals surface area contributed by atoms with E-state index in [1.807, 2.05) is 19.9 Å². The molecule has 4 N–H and O–H groups in total. The van der Waals surface area contributed by atoms with E-state index in [0.29, 0.717) is 11.2 Å². The number of benzene rings is 1. The first kappa shape index (κ1) is 31.5. The van der Waals surface area contributed by atoms with Crippen LogP contribution in [0.3, 0.4) is 0 Å². The van der Waals surface area contributed by atoms with Gasteiger partial charge >= 0.3 is 13.6 Å². The fourth-order valence-electron chi connectivity index (χ4n) is 4.86. The molecule has 4 rings (SSSR count). The van der Waals surface area contributed by atoms with E-state index in [9.17, 15) is 24.8 Å². The van der Waals surface area contributed by atoms with Crippen LogP contribution in [0.5, 0.6) is 5.75 Å². The predicted molar refractivity (Wildman–Crippen MR) is 153 cm³/mol. The predicted octanol–water partition coefficient (Wildman–Crippen LogP) is 3.66. The van der Waals surface area contributed by atoms with Crippen LogP contribution in [-0.4, -0.2) is 63.5 Å². The van der Waals surface area contributed by atoms with E-state index in [-0.39, 0.29) is 30.1 Å². The van der Waals surface area contributed by atoms with Crippen molar-refractivity contribution >= 4 is 24.8 Å². The molecule has 0 radical (unpaired) electrons. The minimum atomic E-state index is -4.06. The Morgan fingerprint density at radius 1 is 1.21 bits per heavy atom. The Labute approximate surface area is 244 Å². The molecule has 226 valence electrons. The molecule has 3 aromatic rings. The second-order valence-electron chi connectivity index (χ2n) is 10.4. The Bertz CT molecular complexity index is 1460. The first-order chi connectivity index (χ1) is 20.1. The number of nitrogens with two attached hydrogens (primary N) is 1. The zero-order valence-corrected chi connectivity index (χ0v) is 24.7. The van der Waals surface area contributed by atoms with Gasteiger partial charge in [-0.15, -0.1) is 0 Å². The van der Waals surface area contributed by atoms with Crippen molar-refractivity contribution in [2.75, 3.05) is 25.1 Å². The summed E-state index contributed by atoms with van der Waals surface area (Å²) in [5.74, 6) is -0.899. The molecule has 1 aliphatic rings. The number of para-hydroxylation sites is 1. The number of hydrogen-bond acceptors (Lipinski definition) is 11. The van der Waals surface area contributed by atoms with Crippen molar-refractivity contribution in [2.24, 2.45) is 11.8 Å². The fourth-order valence-corrected chi connectivity index (χ4v) is 6.73. The Morgan fingerprint density at radius 3 is 2.60 bits per heavy atom. The summed E-state index contributed by atoms with van der Waals surface area (Å²) < 4.78 is 38.3. The van der Waals surface area contributed by atoms with E-state index in [4.69, 9.17) is 24.3 Å². The summed E-state index contributed by atoms with van der Waals surface area (Å²) in [7, 11) is -4.06. The van der Waals surface area contributed by atoms with Crippen LogP contribution in [0, 0.1) is 23.2 Å². The summed E-state index contributed by atoms with van der Waals surface area (Å²) in [5, 5.41) is 36.3. The molecule has 1 aliphatic heterocycles. The second-order valence-corrected chi connectivity index (χ2v) is 12.5. The maximum Gasteiger partial charge on any atom is 0.380 e. The fraction of sp³-hybridized carbons (Fsp3) is 0.483. The van der Waals surface area contributed by atoms with E-state index < -0.39 is 50.0 Å². The van der Waals surface area contributed by atoms with Crippen LogP contribution in [0.4, 0.5) is 5.69 Å². The Morgan fingerprint density at radius 2 is 1.93 bits per heavy atom. The zero-order valence-electron chi connectivity index (χ0n) is 23.8. The van der Waals surface area contributed by atoms with Gasteiger partial charge in [0.1, 0.15) is 30.1 Å². The molecule has 1 unspecified atom stereocenters. The van der Waals surface area contributed by atoms with E-state index in [2.05, 4.69) is 5.10 Å². The number of carbonyl (C=O) groups excluding carboxylic acids is 1. The molecule has 3 heterocycles. The van der Waals surface area contributed by atoms with Gasteiger partial charge in [0, 0.05) is 6.20 Å². The normalized spacial score (nSPS) is 24.3. The van der Waals surface area contributed by atoms with Crippen molar-refractivity contribution in [2.45, 2.75) is 57.5 Å².